The summed E-state index contributed by atoms with van der Waals surface area (Å²) in [6.07, 6.45) is 0. The molecule has 0 saturated heterocycles. The summed E-state index contributed by atoms with van der Waals surface area (Å²) in [4.78, 5) is -0.130. The van der Waals surface area contributed by atoms with Gasteiger partial charge in [0.1, 0.15) is 11.6 Å². The Balaban J connectivity index is 2.40. The summed E-state index contributed by atoms with van der Waals surface area (Å²) in [6, 6.07) is 8.12. The zero-order chi connectivity index (χ0) is 14.9. The van der Waals surface area contributed by atoms with Crippen molar-refractivity contribution in [2.75, 3.05) is 5.73 Å². The lowest BCUT2D eigenvalue weighted by Crippen LogP contribution is -2.12. The maximum atomic E-state index is 13.4. The molecule has 0 bridgehead atoms. The van der Waals surface area contributed by atoms with Crippen LogP contribution in [0.3, 0.4) is 0 Å². The maximum absolute atomic E-state index is 13.4. The molecule has 0 aliphatic heterocycles. The number of halogens is 1. The van der Waals surface area contributed by atoms with Gasteiger partial charge in [-0.3, -0.25) is 0 Å². The highest BCUT2D eigenvalue weighted by molar-refractivity contribution is 7.89. The van der Waals surface area contributed by atoms with Gasteiger partial charge in [-0.25, -0.2) is 17.9 Å². The summed E-state index contributed by atoms with van der Waals surface area (Å²) in [5.74, 6) is -0.116. The molecule has 0 saturated carbocycles. The maximum Gasteiger partial charge on any atom is 0.238 e. The van der Waals surface area contributed by atoms with Crippen LogP contribution in [0.1, 0.15) is 5.56 Å². The molecule has 0 radical (unpaired) electrons. The molecule has 0 atom stereocenters. The van der Waals surface area contributed by atoms with E-state index in [9.17, 15) is 12.8 Å². The molecule has 0 fully saturated rings. The lowest BCUT2D eigenvalue weighted by atomic mass is 10.2. The van der Waals surface area contributed by atoms with Gasteiger partial charge in [0, 0.05) is 12.1 Å². The van der Waals surface area contributed by atoms with Gasteiger partial charge in [0.15, 0.2) is 5.75 Å². The second-order valence-corrected chi connectivity index (χ2v) is 5.82. The average Bonchev–Trinajstić information content (AvgIpc) is 2.35. The van der Waals surface area contributed by atoms with E-state index in [2.05, 4.69) is 0 Å². The Morgan fingerprint density at radius 3 is 2.45 bits per heavy atom. The van der Waals surface area contributed by atoms with Gasteiger partial charge in [0.05, 0.1) is 10.6 Å². The van der Waals surface area contributed by atoms with Gasteiger partial charge in [-0.05, 0) is 30.7 Å². The van der Waals surface area contributed by atoms with Crippen molar-refractivity contribution in [3.05, 3.63) is 47.8 Å². The van der Waals surface area contributed by atoms with Crippen LogP contribution in [-0.2, 0) is 10.0 Å². The van der Waals surface area contributed by atoms with Crippen LogP contribution in [0.15, 0.2) is 41.3 Å². The summed E-state index contributed by atoms with van der Waals surface area (Å²) in [6.45, 7) is 1.62. The topological polar surface area (TPSA) is 95.4 Å². The predicted molar refractivity (Wildman–Crippen MR) is 73.4 cm³/mol. The first kappa shape index (κ1) is 14.3. The zero-order valence-electron chi connectivity index (χ0n) is 10.6. The molecule has 0 spiro atoms. The third-order valence-corrected chi connectivity index (χ3v) is 3.60. The van der Waals surface area contributed by atoms with Gasteiger partial charge < -0.3 is 10.5 Å². The summed E-state index contributed by atoms with van der Waals surface area (Å²) in [5, 5.41) is 5.03. The zero-order valence-corrected chi connectivity index (χ0v) is 11.4. The number of aryl methyl sites for hydroxylation is 1. The average molecular weight is 296 g/mol. The minimum Gasteiger partial charge on any atom is -0.455 e. The number of primary sulfonamides is 1. The molecule has 0 heterocycles. The summed E-state index contributed by atoms with van der Waals surface area (Å²) in [5.41, 5.74) is 6.39. The quantitative estimate of drug-likeness (QED) is 0.848. The van der Waals surface area contributed by atoms with Crippen molar-refractivity contribution in [1.82, 2.24) is 0 Å². The first-order valence-corrected chi connectivity index (χ1v) is 7.18. The fraction of sp³-hybridized carbons (Fsp3) is 0.0769. The third-order valence-electron chi connectivity index (χ3n) is 2.68. The number of benzene rings is 2. The standard InChI is InChI=1S/C13H13FN2O3S/c1-8-2-3-9(6-11(8)14)19-13-7-10(20(16,17)18)4-5-12(13)15/h2-7H,15H2,1H3,(H2,16,17,18). The van der Waals surface area contributed by atoms with Crippen molar-refractivity contribution in [3.63, 3.8) is 0 Å². The first-order chi connectivity index (χ1) is 9.27. The number of hydrogen-bond donors (Lipinski definition) is 2. The van der Waals surface area contributed by atoms with Gasteiger partial charge in [-0.1, -0.05) is 6.07 Å². The monoisotopic (exact) mass is 296 g/mol. The van der Waals surface area contributed by atoms with Crippen LogP contribution in [0.25, 0.3) is 0 Å². The van der Waals surface area contributed by atoms with Gasteiger partial charge in [-0.2, -0.15) is 0 Å². The molecular formula is C13H13FN2O3S. The Morgan fingerprint density at radius 2 is 1.85 bits per heavy atom. The molecule has 20 heavy (non-hydrogen) atoms. The molecule has 7 heteroatoms. The summed E-state index contributed by atoms with van der Waals surface area (Å²) < 4.78 is 41.4. The number of nitrogen functional groups attached to an aromatic ring is 1. The van der Waals surface area contributed by atoms with Crippen LogP contribution in [0, 0.1) is 12.7 Å². The molecule has 0 unspecified atom stereocenters. The largest absolute Gasteiger partial charge is 0.455 e. The van der Waals surface area contributed by atoms with Crippen LogP contribution in [0.4, 0.5) is 10.1 Å². The molecule has 4 N–H and O–H groups in total. The minimum absolute atomic E-state index is 0.0970. The minimum atomic E-state index is -3.86. The van der Waals surface area contributed by atoms with Crippen molar-refractivity contribution in [1.29, 1.82) is 0 Å². The first-order valence-electron chi connectivity index (χ1n) is 5.64. The lowest BCUT2D eigenvalue weighted by molar-refractivity contribution is 0.476. The molecular weight excluding hydrogens is 283 g/mol. The lowest BCUT2D eigenvalue weighted by Gasteiger charge is -2.10. The number of hydrogen-bond acceptors (Lipinski definition) is 4. The van der Waals surface area contributed by atoms with Crippen LogP contribution < -0.4 is 15.6 Å². The highest BCUT2D eigenvalue weighted by Crippen LogP contribution is 2.30. The van der Waals surface area contributed by atoms with Crippen LogP contribution in [-0.4, -0.2) is 8.42 Å². The van der Waals surface area contributed by atoms with E-state index in [1.54, 1.807) is 19.1 Å². The SMILES string of the molecule is Cc1ccc(Oc2cc(S(N)(=O)=O)ccc2N)cc1F. The van der Waals surface area contributed by atoms with Crippen molar-refractivity contribution in [2.45, 2.75) is 11.8 Å². The normalized spacial score (nSPS) is 11.3. The van der Waals surface area contributed by atoms with Crippen molar-refractivity contribution >= 4 is 15.7 Å². The molecule has 2 aromatic carbocycles. The van der Waals surface area contributed by atoms with Crippen LogP contribution >= 0.6 is 0 Å². The molecule has 0 aromatic heterocycles. The Morgan fingerprint density at radius 1 is 1.15 bits per heavy atom. The van der Waals surface area contributed by atoms with Gasteiger partial charge in [0.2, 0.25) is 10.0 Å². The van der Waals surface area contributed by atoms with E-state index in [0.29, 0.717) is 5.56 Å². The Kier molecular flexibility index (Phi) is 3.65. The molecule has 0 aliphatic carbocycles. The van der Waals surface area contributed by atoms with Crippen LogP contribution in [0.5, 0.6) is 11.5 Å². The number of rotatable bonds is 3. The van der Waals surface area contributed by atoms with E-state index in [0.717, 1.165) is 0 Å². The van der Waals surface area contributed by atoms with E-state index in [1.165, 1.54) is 24.3 Å². The van der Waals surface area contributed by atoms with Gasteiger partial charge in [-0.15, -0.1) is 0 Å². The Labute approximate surface area is 116 Å². The predicted octanol–water partition coefficient (Wildman–Crippen LogP) is 2.16. The van der Waals surface area contributed by atoms with E-state index in [1.807, 2.05) is 0 Å². The molecule has 0 aliphatic rings. The smallest absolute Gasteiger partial charge is 0.238 e. The number of anilines is 1. The molecule has 2 aromatic rings. The number of sulfonamides is 1. The van der Waals surface area contributed by atoms with Gasteiger partial charge in [0.25, 0.3) is 0 Å². The van der Waals surface area contributed by atoms with E-state index >= 15 is 0 Å². The third kappa shape index (κ3) is 3.06. The summed E-state index contributed by atoms with van der Waals surface area (Å²) in [7, 11) is -3.86. The van der Waals surface area contributed by atoms with E-state index < -0.39 is 15.8 Å². The Bertz CT molecular complexity index is 760. The number of ether oxygens (including phenoxy) is 1. The van der Waals surface area contributed by atoms with E-state index in [4.69, 9.17) is 15.6 Å². The molecule has 106 valence electrons. The second kappa shape index (κ2) is 5.10. The summed E-state index contributed by atoms with van der Waals surface area (Å²) >= 11 is 0. The Hall–Kier alpha value is -2.12. The second-order valence-electron chi connectivity index (χ2n) is 4.26. The van der Waals surface area contributed by atoms with E-state index in [-0.39, 0.29) is 22.1 Å². The number of nitrogens with two attached hydrogens (primary N) is 2. The molecule has 0 amide bonds. The highest BCUT2D eigenvalue weighted by atomic mass is 32.2. The van der Waals surface area contributed by atoms with Crippen LogP contribution in [0.2, 0.25) is 0 Å². The molecule has 5 nitrogen and oxygen atoms in total. The fourth-order valence-corrected chi connectivity index (χ4v) is 2.07. The van der Waals surface area contributed by atoms with Gasteiger partial charge >= 0.3 is 0 Å². The highest BCUT2D eigenvalue weighted by Gasteiger charge is 2.12. The van der Waals surface area contributed by atoms with Crippen molar-refractivity contribution < 1.29 is 17.5 Å². The van der Waals surface area contributed by atoms with Crippen molar-refractivity contribution in [2.24, 2.45) is 5.14 Å². The van der Waals surface area contributed by atoms with Crippen molar-refractivity contribution in [3.8, 4) is 11.5 Å². The fourth-order valence-electron chi connectivity index (χ4n) is 1.54. The molecule has 2 rings (SSSR count).